The lowest BCUT2D eigenvalue weighted by Gasteiger charge is -2.33. The van der Waals surface area contributed by atoms with Gasteiger partial charge in [-0.05, 0) is 54.6 Å². The van der Waals surface area contributed by atoms with Crippen molar-refractivity contribution in [3.05, 3.63) is 35.4 Å². The van der Waals surface area contributed by atoms with E-state index in [1.807, 2.05) is 19.1 Å². The zero-order valence-corrected chi connectivity index (χ0v) is 13.8. The predicted octanol–water partition coefficient (Wildman–Crippen LogP) is 6.17. The molecule has 0 N–H and O–H groups in total. The molecule has 1 aromatic rings. The Labute approximate surface area is 133 Å². The zero-order valence-electron chi connectivity index (χ0n) is 13.8. The second kappa shape index (κ2) is 6.68. The van der Waals surface area contributed by atoms with Crippen molar-refractivity contribution in [3.8, 4) is 0 Å². The van der Waals surface area contributed by atoms with E-state index < -0.39 is 12.3 Å². The summed E-state index contributed by atoms with van der Waals surface area (Å²) in [6, 6.07) is 8.42. The minimum Gasteiger partial charge on any atom is -0.244 e. The van der Waals surface area contributed by atoms with Crippen LogP contribution in [0.2, 0.25) is 0 Å². The Hall–Kier alpha value is -0.920. The van der Waals surface area contributed by atoms with Gasteiger partial charge in [0, 0.05) is 5.92 Å². The molecule has 2 heteroatoms. The van der Waals surface area contributed by atoms with Crippen molar-refractivity contribution in [1.29, 1.82) is 0 Å². The molecular weight excluding hydrogens is 278 g/mol. The standard InChI is InChI=1S/C20H28F2/c1-13-3-6-15(7-4-13)16-8-10-17(11-9-16)18-12-5-14(2)19(21)20(18)22/h8-11,13-15,18-20H,3-7,12H2,1-2H3. The summed E-state index contributed by atoms with van der Waals surface area (Å²) >= 11 is 0. The average Bonchev–Trinajstić information content (AvgIpc) is 2.54. The highest BCUT2D eigenvalue weighted by Gasteiger charge is 2.38. The van der Waals surface area contributed by atoms with E-state index in [0.717, 1.165) is 24.3 Å². The van der Waals surface area contributed by atoms with E-state index in [1.165, 1.54) is 31.2 Å². The summed E-state index contributed by atoms with van der Waals surface area (Å²) in [7, 11) is 0. The highest BCUT2D eigenvalue weighted by atomic mass is 19.2. The Bertz CT molecular complexity index is 473. The summed E-state index contributed by atoms with van der Waals surface area (Å²) in [5.41, 5.74) is 2.36. The van der Waals surface area contributed by atoms with Crippen LogP contribution in [0.15, 0.2) is 24.3 Å². The molecule has 3 rings (SSSR count). The molecule has 1 aromatic carbocycles. The Kier molecular flexibility index (Phi) is 4.84. The quantitative estimate of drug-likeness (QED) is 0.613. The van der Waals surface area contributed by atoms with Crippen LogP contribution in [0.5, 0.6) is 0 Å². The molecule has 2 fully saturated rings. The smallest absolute Gasteiger partial charge is 0.138 e. The van der Waals surface area contributed by atoms with E-state index in [4.69, 9.17) is 0 Å². The summed E-state index contributed by atoms with van der Waals surface area (Å²) in [6.07, 6.45) is 4.05. The van der Waals surface area contributed by atoms with E-state index >= 15 is 0 Å². The molecular formula is C20H28F2. The second-order valence-electron chi connectivity index (χ2n) is 7.67. The van der Waals surface area contributed by atoms with Crippen molar-refractivity contribution in [3.63, 3.8) is 0 Å². The Morgan fingerprint density at radius 1 is 0.727 bits per heavy atom. The highest BCUT2D eigenvalue weighted by molar-refractivity contribution is 5.29. The molecule has 2 aliphatic rings. The van der Waals surface area contributed by atoms with Crippen molar-refractivity contribution < 1.29 is 8.78 Å². The third kappa shape index (κ3) is 3.21. The van der Waals surface area contributed by atoms with Crippen LogP contribution in [0.3, 0.4) is 0 Å². The number of halogens is 2. The molecule has 4 atom stereocenters. The van der Waals surface area contributed by atoms with E-state index in [9.17, 15) is 8.78 Å². The molecule has 0 bridgehead atoms. The Morgan fingerprint density at radius 3 is 1.95 bits per heavy atom. The summed E-state index contributed by atoms with van der Waals surface area (Å²) in [4.78, 5) is 0. The average molecular weight is 306 g/mol. The Balaban J connectivity index is 1.69. The second-order valence-corrected chi connectivity index (χ2v) is 7.67. The molecule has 0 aromatic heterocycles. The van der Waals surface area contributed by atoms with Gasteiger partial charge < -0.3 is 0 Å². The lowest BCUT2D eigenvalue weighted by molar-refractivity contribution is 0.0573. The van der Waals surface area contributed by atoms with Crippen LogP contribution < -0.4 is 0 Å². The van der Waals surface area contributed by atoms with Gasteiger partial charge in [0.2, 0.25) is 0 Å². The van der Waals surface area contributed by atoms with Gasteiger partial charge in [-0.1, -0.05) is 51.0 Å². The predicted molar refractivity (Wildman–Crippen MR) is 87.7 cm³/mol. The van der Waals surface area contributed by atoms with Crippen molar-refractivity contribution in [1.82, 2.24) is 0 Å². The minimum atomic E-state index is -1.34. The van der Waals surface area contributed by atoms with Crippen LogP contribution in [0, 0.1) is 11.8 Å². The van der Waals surface area contributed by atoms with Crippen LogP contribution in [0.1, 0.15) is 75.3 Å². The normalized spacial score (nSPS) is 39.6. The fraction of sp³-hybridized carbons (Fsp3) is 0.700. The van der Waals surface area contributed by atoms with Gasteiger partial charge in [0.25, 0.3) is 0 Å². The Morgan fingerprint density at radius 2 is 1.32 bits per heavy atom. The molecule has 0 radical (unpaired) electrons. The molecule has 0 saturated heterocycles. The van der Waals surface area contributed by atoms with Gasteiger partial charge in [-0.25, -0.2) is 8.78 Å². The van der Waals surface area contributed by atoms with Crippen LogP contribution in [0.25, 0.3) is 0 Å². The van der Waals surface area contributed by atoms with Crippen molar-refractivity contribution >= 4 is 0 Å². The molecule has 2 aliphatic carbocycles. The first kappa shape index (κ1) is 16.0. The van der Waals surface area contributed by atoms with Gasteiger partial charge in [-0.3, -0.25) is 0 Å². The van der Waals surface area contributed by atoms with Crippen molar-refractivity contribution in [2.45, 2.75) is 76.6 Å². The number of hydrogen-bond donors (Lipinski definition) is 0. The fourth-order valence-electron chi connectivity index (χ4n) is 4.26. The van der Waals surface area contributed by atoms with Gasteiger partial charge >= 0.3 is 0 Å². The molecule has 4 unspecified atom stereocenters. The third-order valence-electron chi connectivity index (χ3n) is 6.02. The maximum atomic E-state index is 14.3. The molecule has 22 heavy (non-hydrogen) atoms. The lowest BCUT2D eigenvalue weighted by Crippen LogP contribution is -2.35. The molecule has 0 amide bonds. The number of alkyl halides is 2. The monoisotopic (exact) mass is 306 g/mol. The number of rotatable bonds is 2. The van der Waals surface area contributed by atoms with E-state index in [1.54, 1.807) is 0 Å². The molecule has 0 nitrogen and oxygen atoms in total. The number of benzene rings is 1. The van der Waals surface area contributed by atoms with Crippen LogP contribution in [0.4, 0.5) is 8.78 Å². The van der Waals surface area contributed by atoms with Gasteiger partial charge in [0.05, 0.1) is 0 Å². The fourth-order valence-corrected chi connectivity index (χ4v) is 4.26. The first-order valence-electron chi connectivity index (χ1n) is 8.94. The summed E-state index contributed by atoms with van der Waals surface area (Å²) < 4.78 is 28.2. The molecule has 0 aliphatic heterocycles. The molecule has 0 spiro atoms. The summed E-state index contributed by atoms with van der Waals surface area (Å²) in [5.74, 6) is 1.11. The zero-order chi connectivity index (χ0) is 15.7. The summed E-state index contributed by atoms with van der Waals surface area (Å²) in [5, 5.41) is 0. The molecule has 0 heterocycles. The molecule has 122 valence electrons. The maximum Gasteiger partial charge on any atom is 0.138 e. The van der Waals surface area contributed by atoms with Crippen LogP contribution >= 0.6 is 0 Å². The third-order valence-corrected chi connectivity index (χ3v) is 6.02. The molecule has 2 saturated carbocycles. The van der Waals surface area contributed by atoms with Crippen LogP contribution in [-0.4, -0.2) is 12.3 Å². The van der Waals surface area contributed by atoms with E-state index in [0.29, 0.717) is 5.92 Å². The van der Waals surface area contributed by atoms with Gasteiger partial charge in [0.1, 0.15) is 12.3 Å². The highest BCUT2D eigenvalue weighted by Crippen LogP contribution is 2.41. The minimum absolute atomic E-state index is 0.144. The first-order valence-corrected chi connectivity index (χ1v) is 8.94. The number of hydrogen-bond acceptors (Lipinski definition) is 0. The van der Waals surface area contributed by atoms with Gasteiger partial charge in [-0.2, -0.15) is 0 Å². The maximum absolute atomic E-state index is 14.3. The van der Waals surface area contributed by atoms with Gasteiger partial charge in [0.15, 0.2) is 0 Å². The van der Waals surface area contributed by atoms with E-state index in [-0.39, 0.29) is 11.8 Å². The van der Waals surface area contributed by atoms with Crippen LogP contribution in [-0.2, 0) is 0 Å². The first-order chi connectivity index (χ1) is 10.6. The van der Waals surface area contributed by atoms with Gasteiger partial charge in [-0.15, -0.1) is 0 Å². The summed E-state index contributed by atoms with van der Waals surface area (Å²) in [6.45, 7) is 4.15. The van der Waals surface area contributed by atoms with Crippen molar-refractivity contribution in [2.24, 2.45) is 11.8 Å². The topological polar surface area (TPSA) is 0 Å². The van der Waals surface area contributed by atoms with Crippen molar-refractivity contribution in [2.75, 3.05) is 0 Å². The lowest BCUT2D eigenvalue weighted by atomic mass is 9.75. The SMILES string of the molecule is CC1CCC(c2ccc(C3CCC(C)C(F)C3F)cc2)CC1. The largest absolute Gasteiger partial charge is 0.244 e. The van der Waals surface area contributed by atoms with E-state index in [2.05, 4.69) is 19.1 Å².